The molecule has 0 saturated carbocycles. The highest BCUT2D eigenvalue weighted by molar-refractivity contribution is 5.93. The van der Waals surface area contributed by atoms with Gasteiger partial charge in [0.1, 0.15) is 5.65 Å². The summed E-state index contributed by atoms with van der Waals surface area (Å²) in [6.45, 7) is -0.729. The molecule has 12 heterocycles. The van der Waals surface area contributed by atoms with E-state index < -0.39 is 77.7 Å². The normalized spacial score (nSPS) is 11.6. The van der Waals surface area contributed by atoms with Crippen molar-refractivity contribution >= 4 is 51.9 Å². The molecule has 12 aromatic rings. The minimum atomic E-state index is -4.65. The summed E-state index contributed by atoms with van der Waals surface area (Å²) in [6, 6.07) is 16.6. The lowest BCUT2D eigenvalue weighted by Crippen LogP contribution is -2.23. The molecular weight excluding hydrogens is 1190 g/mol. The van der Waals surface area contributed by atoms with Crippen LogP contribution in [0.2, 0.25) is 0 Å². The maximum absolute atomic E-state index is 13.1. The Morgan fingerprint density at radius 2 is 0.910 bits per heavy atom. The molecule has 0 aliphatic carbocycles. The average Bonchev–Trinajstić information content (AvgIpc) is 3.63. The Morgan fingerprint density at radius 1 is 0.494 bits per heavy atom. The van der Waals surface area contributed by atoms with E-state index in [1.165, 1.54) is 0 Å². The fourth-order valence-electron chi connectivity index (χ4n) is 8.35. The summed E-state index contributed by atoms with van der Waals surface area (Å²) in [6.07, 6.45) is 14.3. The number of ether oxygens (including phenoxy) is 3. The fourth-order valence-corrected chi connectivity index (χ4v) is 8.35. The van der Waals surface area contributed by atoms with Crippen LogP contribution in [0.15, 0.2) is 158 Å². The number of rotatable bonds is 16. The summed E-state index contributed by atoms with van der Waals surface area (Å²) in [5.74, 6) is -5.55. The van der Waals surface area contributed by atoms with Gasteiger partial charge in [-0.05, 0) is 30.3 Å². The Morgan fingerprint density at radius 3 is 1.30 bits per heavy atom. The van der Waals surface area contributed by atoms with Crippen molar-refractivity contribution in [3.8, 4) is 51.4 Å². The van der Waals surface area contributed by atoms with Crippen molar-refractivity contribution in [2.24, 2.45) is 14.1 Å². The summed E-state index contributed by atoms with van der Waals surface area (Å²) in [4.78, 5) is 69.1. The van der Waals surface area contributed by atoms with Gasteiger partial charge in [0.05, 0.1) is 71.8 Å². The van der Waals surface area contributed by atoms with E-state index in [0.29, 0.717) is 27.6 Å². The van der Waals surface area contributed by atoms with Crippen LogP contribution >= 0.6 is 0 Å². The molecule has 0 fully saturated rings. The summed E-state index contributed by atoms with van der Waals surface area (Å²) >= 11 is 0. The van der Waals surface area contributed by atoms with E-state index in [0.717, 1.165) is 72.0 Å². The van der Waals surface area contributed by atoms with Crippen LogP contribution in [0.3, 0.4) is 0 Å². The molecule has 0 bridgehead atoms. The van der Waals surface area contributed by atoms with Gasteiger partial charge in [-0.2, -0.15) is 45.3 Å². The third-order valence-corrected chi connectivity index (χ3v) is 12.4. The Bertz CT molecular complexity index is 4250. The van der Waals surface area contributed by atoms with E-state index in [9.17, 15) is 49.5 Å². The SMILES string of the molecule is CC(F)(F)c1cc(NC(=O)COc2ccc(-c3cnc4cnccn34)cn2)no1.Cn1ncc(NC(=O)COc2ccc(-c3cnc4ccccn34)cn2)c1C(F)(F)F.Cn1ncc(NC(=O)COc2ccc(-c3cnc4cnccn34)cn2)c1C(F)(F)F. The molecule has 0 radical (unpaired) electrons. The maximum Gasteiger partial charge on any atom is 0.435 e. The third kappa shape index (κ3) is 14.5. The molecule has 89 heavy (non-hydrogen) atoms. The quantitative estimate of drug-likeness (QED) is 0.0762. The van der Waals surface area contributed by atoms with Crippen LogP contribution < -0.4 is 30.2 Å². The molecule has 0 aliphatic rings. The molecule has 456 valence electrons. The van der Waals surface area contributed by atoms with Gasteiger partial charge >= 0.3 is 18.3 Å². The summed E-state index contributed by atoms with van der Waals surface area (Å²) < 4.78 is 132. The number of aromatic nitrogens is 16. The number of hydrogen-bond donors (Lipinski definition) is 3. The van der Waals surface area contributed by atoms with Crippen molar-refractivity contribution in [3.63, 3.8) is 0 Å². The van der Waals surface area contributed by atoms with Crippen LogP contribution in [0.25, 0.3) is 50.7 Å². The zero-order valence-corrected chi connectivity index (χ0v) is 46.1. The van der Waals surface area contributed by atoms with E-state index in [4.69, 9.17) is 14.2 Å². The van der Waals surface area contributed by atoms with E-state index in [1.54, 1.807) is 111 Å². The second-order valence-electron chi connectivity index (χ2n) is 18.7. The highest BCUT2D eigenvalue weighted by Crippen LogP contribution is 2.36. The van der Waals surface area contributed by atoms with Crippen LogP contribution in [0.5, 0.6) is 17.6 Å². The lowest BCUT2D eigenvalue weighted by molar-refractivity contribution is -0.144. The highest BCUT2D eigenvalue weighted by atomic mass is 19.4. The van der Waals surface area contributed by atoms with E-state index >= 15 is 0 Å². The number of carbonyl (C=O) groups is 3. The second-order valence-corrected chi connectivity index (χ2v) is 18.7. The molecule has 34 heteroatoms. The third-order valence-electron chi connectivity index (χ3n) is 12.4. The van der Waals surface area contributed by atoms with Gasteiger partial charge < -0.3 is 34.7 Å². The monoisotopic (exact) mass is 1230 g/mol. The minimum absolute atomic E-state index is 0.125. The van der Waals surface area contributed by atoms with Gasteiger partial charge in [0.15, 0.2) is 48.3 Å². The summed E-state index contributed by atoms with van der Waals surface area (Å²) in [7, 11) is 2.28. The first-order chi connectivity index (χ1) is 42.5. The molecule has 0 unspecified atom stereocenters. The van der Waals surface area contributed by atoms with Crippen LogP contribution in [0.4, 0.5) is 52.3 Å². The number of halogens is 8. The van der Waals surface area contributed by atoms with Crippen LogP contribution in [-0.2, 0) is 46.8 Å². The molecule has 3 amide bonds. The summed E-state index contributed by atoms with van der Waals surface area (Å²) in [5.41, 5.74) is 3.99. The molecule has 12 rings (SSSR count). The standard InChI is InChI=1S/C19H15F3N6O2.C18H14F3N7O2.C18H14F2N6O3/c1-27-18(19(20,21)22)13(9-25-27)26-16(29)11-30-17-6-5-12(8-24-17)14-10-23-15-4-2-3-7-28(14)15;1-27-17(18(19,20)21)12(7-25-27)26-15(29)10-30-16-3-2-11(6-24-16)13-8-23-14-9-22-4-5-28(13)14;1-18(19,20)13-6-14(25-29-13)24-16(27)10-28-17-3-2-11(7-23-17)12-8-22-15-9-21-4-5-26(12)15/h2-10H,11H2,1H3,(H,26,29);2-9H,10H2,1H3,(H,26,29);2-9H,10H2,1H3,(H,24,25,27). The largest absolute Gasteiger partial charge is 0.468 e. The Kier molecular flexibility index (Phi) is 17.3. The number of fused-ring (bicyclic) bond motifs is 3. The smallest absolute Gasteiger partial charge is 0.435 e. The molecule has 26 nitrogen and oxygen atoms in total. The zero-order valence-electron chi connectivity index (χ0n) is 46.1. The first-order valence-electron chi connectivity index (χ1n) is 25.7. The van der Waals surface area contributed by atoms with Gasteiger partial charge in [-0.15, -0.1) is 0 Å². The number of imidazole rings is 3. The Hall–Kier alpha value is -11.7. The first-order valence-corrected chi connectivity index (χ1v) is 25.7. The topological polar surface area (TPSA) is 293 Å². The average molecular weight is 1230 g/mol. The molecule has 3 N–H and O–H groups in total. The minimum Gasteiger partial charge on any atom is -0.468 e. The molecule has 0 spiro atoms. The number of alkyl halides is 8. The van der Waals surface area contributed by atoms with Crippen molar-refractivity contribution in [1.82, 2.24) is 77.8 Å². The van der Waals surface area contributed by atoms with Crippen molar-refractivity contribution < 1.29 is 68.2 Å². The second kappa shape index (κ2) is 25.5. The number of amides is 3. The van der Waals surface area contributed by atoms with Crippen molar-refractivity contribution in [3.05, 3.63) is 171 Å². The first kappa shape index (κ1) is 60.4. The predicted octanol–water partition coefficient (Wildman–Crippen LogP) is 8.64. The van der Waals surface area contributed by atoms with Crippen molar-refractivity contribution in [2.45, 2.75) is 25.2 Å². The van der Waals surface area contributed by atoms with Gasteiger partial charge in [0.25, 0.3) is 17.7 Å². The van der Waals surface area contributed by atoms with E-state index in [-0.39, 0.29) is 30.1 Å². The molecule has 0 aromatic carbocycles. The van der Waals surface area contributed by atoms with Gasteiger partial charge in [-0.1, -0.05) is 11.2 Å². The van der Waals surface area contributed by atoms with Gasteiger partial charge in [0.2, 0.25) is 23.4 Å². The lowest BCUT2D eigenvalue weighted by Gasteiger charge is -2.11. The van der Waals surface area contributed by atoms with E-state index in [1.807, 2.05) is 37.6 Å². The van der Waals surface area contributed by atoms with Gasteiger partial charge in [-0.3, -0.25) is 46.9 Å². The van der Waals surface area contributed by atoms with Crippen molar-refractivity contribution in [1.29, 1.82) is 0 Å². The predicted molar refractivity (Wildman–Crippen MR) is 296 cm³/mol. The maximum atomic E-state index is 13.1. The lowest BCUT2D eigenvalue weighted by atomic mass is 10.2. The summed E-state index contributed by atoms with van der Waals surface area (Å²) in [5, 5.41) is 17.0. The molecule has 0 aliphatic heterocycles. The van der Waals surface area contributed by atoms with Gasteiger partial charge in [0, 0.05) is 112 Å². The Balaban J connectivity index is 0.000000147. The number of hydrogen-bond acceptors (Lipinski definition) is 18. The fraction of sp³-hybridized carbons (Fsp3) is 0.164. The highest BCUT2D eigenvalue weighted by Gasteiger charge is 2.39. The molecule has 12 aromatic heterocycles. The van der Waals surface area contributed by atoms with Crippen molar-refractivity contribution in [2.75, 3.05) is 35.8 Å². The number of anilines is 3. The van der Waals surface area contributed by atoms with E-state index in [2.05, 4.69) is 75.7 Å². The Labute approximate surface area is 493 Å². The zero-order chi connectivity index (χ0) is 63.0. The number of pyridine rings is 4. The van der Waals surface area contributed by atoms with Gasteiger partial charge in [-0.25, -0.2) is 29.9 Å². The van der Waals surface area contributed by atoms with Crippen LogP contribution in [0, 0.1) is 0 Å². The number of carbonyl (C=O) groups excluding carboxylic acids is 3. The molecule has 0 atom stereocenters. The number of nitrogens with one attached hydrogen (secondary N) is 3. The van der Waals surface area contributed by atoms with Crippen LogP contribution in [0.1, 0.15) is 24.1 Å². The number of aryl methyl sites for hydroxylation is 2. The number of nitrogens with zero attached hydrogens (tertiary/aromatic N) is 16. The molecule has 0 saturated heterocycles. The molecular formula is C55H43F8N19O7. The van der Waals surface area contributed by atoms with Crippen LogP contribution in [-0.4, -0.2) is 115 Å².